The van der Waals surface area contributed by atoms with Crippen LogP contribution >= 0.6 is 0 Å². The van der Waals surface area contributed by atoms with Crippen LogP contribution in [0, 0.1) is 0 Å². The number of rotatable bonds is 14. The minimum Gasteiger partial charge on any atom is -0.464 e. The third kappa shape index (κ3) is 8.46. The summed E-state index contributed by atoms with van der Waals surface area (Å²) in [7, 11) is 0. The lowest BCUT2D eigenvalue weighted by molar-refractivity contribution is -0.940. The van der Waals surface area contributed by atoms with Crippen LogP contribution in [0.1, 0.15) is 81.2 Å². The molecule has 238 valence electrons. The van der Waals surface area contributed by atoms with Crippen LogP contribution in [0.3, 0.4) is 0 Å². The number of carbonyl (C=O) groups is 1. The molecule has 1 amide bonds. The van der Waals surface area contributed by atoms with Gasteiger partial charge in [-0.25, -0.2) is 5.26 Å². The lowest BCUT2D eigenvalue weighted by atomic mass is 9.71. The lowest BCUT2D eigenvalue weighted by Gasteiger charge is -2.42. The number of benzene rings is 3. The molecule has 1 atom stereocenters. The fraction of sp³-hybridized carbons (Fsp3) is 0.472. The predicted molar refractivity (Wildman–Crippen MR) is 173 cm³/mol. The number of β-amino-alcohol motifs (C(OH)–C–C–N with tert-alkyl or cyclic N) is 1. The van der Waals surface area contributed by atoms with Crippen LogP contribution < -0.4 is 15.8 Å². The van der Waals surface area contributed by atoms with Crippen molar-refractivity contribution in [3.8, 4) is 5.75 Å². The zero-order chi connectivity index (χ0) is 31.6. The van der Waals surface area contributed by atoms with E-state index in [9.17, 15) is 9.90 Å². The molecule has 0 aromatic heterocycles. The zero-order valence-electron chi connectivity index (χ0n) is 26.5. The molecule has 44 heavy (non-hydrogen) atoms. The third-order valence-corrected chi connectivity index (χ3v) is 9.00. The van der Waals surface area contributed by atoms with Crippen molar-refractivity contribution in [2.45, 2.75) is 76.5 Å². The summed E-state index contributed by atoms with van der Waals surface area (Å²) in [5, 5.41) is 23.5. The summed E-state index contributed by atoms with van der Waals surface area (Å²) in [6.07, 6.45) is 4.33. The van der Waals surface area contributed by atoms with E-state index in [0.29, 0.717) is 25.3 Å². The number of carbonyl (C=O) groups excluding carboxylic acids is 1. The molecule has 3 aromatic rings. The Labute approximate surface area is 262 Å². The predicted octanol–water partition coefficient (Wildman–Crippen LogP) is 5.69. The van der Waals surface area contributed by atoms with Gasteiger partial charge in [0.2, 0.25) is 12.7 Å². The number of nitrogens with one attached hydrogen (secondary N) is 1. The molecule has 1 heterocycles. The van der Waals surface area contributed by atoms with Crippen molar-refractivity contribution in [3.63, 3.8) is 0 Å². The van der Waals surface area contributed by atoms with Crippen LogP contribution in [-0.4, -0.2) is 59.3 Å². The van der Waals surface area contributed by atoms with E-state index in [1.807, 2.05) is 78.9 Å². The summed E-state index contributed by atoms with van der Waals surface area (Å²) in [6, 6.07) is 25.5. The highest BCUT2D eigenvalue weighted by molar-refractivity contribution is 5.90. The van der Waals surface area contributed by atoms with Crippen molar-refractivity contribution < 1.29 is 29.3 Å². The number of nitrogens with zero attached hydrogens (tertiary/aromatic N) is 1. The maximum atomic E-state index is 13.6. The first-order valence-corrected chi connectivity index (χ1v) is 15.8. The summed E-state index contributed by atoms with van der Waals surface area (Å²) < 4.78 is 6.58. The summed E-state index contributed by atoms with van der Waals surface area (Å²) in [6.45, 7) is 9.60. The number of ether oxygens (including phenoxy) is 1. The van der Waals surface area contributed by atoms with Gasteiger partial charge in [0.1, 0.15) is 17.7 Å². The van der Waals surface area contributed by atoms with Crippen molar-refractivity contribution in [1.82, 2.24) is 5.32 Å². The van der Waals surface area contributed by atoms with Crippen molar-refractivity contribution in [3.05, 3.63) is 101 Å². The summed E-state index contributed by atoms with van der Waals surface area (Å²) in [5.74, 6) is 0.247. The fourth-order valence-corrected chi connectivity index (χ4v) is 6.58. The number of aliphatic hydroxyl groups is 1. The molecule has 0 spiro atoms. The first-order chi connectivity index (χ1) is 21.1. The van der Waals surface area contributed by atoms with Crippen LogP contribution in [-0.2, 0) is 21.6 Å². The minimum absolute atomic E-state index is 0.128. The molecule has 0 saturated carbocycles. The molecule has 1 fully saturated rings. The van der Waals surface area contributed by atoms with Gasteiger partial charge < -0.3 is 25.4 Å². The topological polar surface area (TPSA) is 114 Å². The summed E-state index contributed by atoms with van der Waals surface area (Å²) >= 11 is 0. The van der Waals surface area contributed by atoms with Gasteiger partial charge in [-0.05, 0) is 75.3 Å². The SMILES string of the molecule is CC(C)(C)NCC(O)c1ccc(OCOO)c(C[N+]2(CCC(C(N)=O)(c3ccccc3)c3ccccc3)CCCCCC2)c1. The van der Waals surface area contributed by atoms with Gasteiger partial charge in [-0.3, -0.25) is 4.79 Å². The molecule has 3 aromatic carbocycles. The Morgan fingerprint density at radius 1 is 0.932 bits per heavy atom. The molecule has 0 aliphatic carbocycles. The Bertz CT molecular complexity index is 1280. The molecule has 0 bridgehead atoms. The highest BCUT2D eigenvalue weighted by Crippen LogP contribution is 2.38. The number of amides is 1. The van der Waals surface area contributed by atoms with Gasteiger partial charge in [0.15, 0.2) is 0 Å². The van der Waals surface area contributed by atoms with Crippen molar-refractivity contribution >= 4 is 5.91 Å². The minimum atomic E-state index is -0.985. The van der Waals surface area contributed by atoms with Gasteiger partial charge in [-0.15, -0.1) is 0 Å². The fourth-order valence-electron chi connectivity index (χ4n) is 6.58. The van der Waals surface area contributed by atoms with Crippen molar-refractivity contribution in [1.29, 1.82) is 0 Å². The largest absolute Gasteiger partial charge is 0.464 e. The monoisotopic (exact) mass is 604 g/mol. The second kappa shape index (κ2) is 15.1. The van der Waals surface area contributed by atoms with Gasteiger partial charge in [-0.1, -0.05) is 66.7 Å². The first-order valence-electron chi connectivity index (χ1n) is 15.8. The number of aliphatic hydroxyl groups excluding tert-OH is 1. The maximum Gasteiger partial charge on any atom is 0.232 e. The average molecular weight is 605 g/mol. The Morgan fingerprint density at radius 2 is 1.52 bits per heavy atom. The number of hydrogen-bond acceptors (Lipinski definition) is 6. The van der Waals surface area contributed by atoms with Gasteiger partial charge in [-0.2, -0.15) is 4.89 Å². The van der Waals surface area contributed by atoms with E-state index < -0.39 is 11.5 Å². The van der Waals surface area contributed by atoms with E-state index in [1.165, 1.54) is 0 Å². The van der Waals surface area contributed by atoms with E-state index >= 15 is 0 Å². The normalized spacial score (nSPS) is 16.2. The molecular weight excluding hydrogens is 554 g/mol. The standard InChI is InChI=1S/C36H49N3O5/c1-35(2,3)38-25-32(40)28-18-19-33(43-27-44-42)29(24-28)26-39(21-12-4-5-13-22-39)23-20-36(34(37)41,30-14-8-6-9-15-30)31-16-10-7-11-17-31/h6-11,14-19,24,32,38,40H,4-5,12-13,20-23,25-27H2,1-3H3,(H2-,37,41,42)/p+1. The Hall–Kier alpha value is -3.27. The molecular formula is C36H50N3O5+. The Morgan fingerprint density at radius 3 is 2.05 bits per heavy atom. The van der Waals surface area contributed by atoms with Crippen LogP contribution in [0.2, 0.25) is 0 Å². The molecule has 8 heteroatoms. The first kappa shape index (κ1) is 33.6. The number of likely N-dealkylation sites (tertiary alicyclic amines) is 1. The number of quaternary nitrogens is 1. The Kier molecular flexibility index (Phi) is 11.6. The second-order valence-corrected chi connectivity index (χ2v) is 13.2. The smallest absolute Gasteiger partial charge is 0.232 e. The number of hydrogen-bond donors (Lipinski definition) is 4. The van der Waals surface area contributed by atoms with Crippen LogP contribution in [0.4, 0.5) is 0 Å². The average Bonchev–Trinajstić information content (AvgIpc) is 3.26. The summed E-state index contributed by atoms with van der Waals surface area (Å²) in [4.78, 5) is 17.8. The van der Waals surface area contributed by atoms with E-state index in [0.717, 1.165) is 72.1 Å². The van der Waals surface area contributed by atoms with Gasteiger partial charge in [0.05, 0.1) is 25.7 Å². The number of nitrogens with two attached hydrogens (primary N) is 1. The van der Waals surface area contributed by atoms with E-state index in [1.54, 1.807) is 0 Å². The van der Waals surface area contributed by atoms with Gasteiger partial charge in [0, 0.05) is 24.1 Å². The summed E-state index contributed by atoms with van der Waals surface area (Å²) in [5.41, 5.74) is 8.73. The molecule has 1 aliphatic rings. The highest BCUT2D eigenvalue weighted by atomic mass is 17.1. The maximum absolute atomic E-state index is 13.6. The lowest BCUT2D eigenvalue weighted by Crippen LogP contribution is -2.53. The third-order valence-electron chi connectivity index (χ3n) is 9.00. The van der Waals surface area contributed by atoms with Crippen LogP contribution in [0.15, 0.2) is 78.9 Å². The molecule has 4 rings (SSSR count). The molecule has 1 aliphatic heterocycles. The molecule has 5 N–H and O–H groups in total. The molecule has 1 unspecified atom stereocenters. The zero-order valence-corrected chi connectivity index (χ0v) is 26.5. The van der Waals surface area contributed by atoms with Crippen LogP contribution in [0.5, 0.6) is 5.75 Å². The number of primary amides is 1. The van der Waals surface area contributed by atoms with Crippen LogP contribution in [0.25, 0.3) is 0 Å². The molecule has 8 nitrogen and oxygen atoms in total. The highest BCUT2D eigenvalue weighted by Gasteiger charge is 2.43. The molecule has 1 saturated heterocycles. The molecule has 0 radical (unpaired) electrons. The Balaban J connectivity index is 1.73. The van der Waals surface area contributed by atoms with Gasteiger partial charge in [0.25, 0.3) is 0 Å². The second-order valence-electron chi connectivity index (χ2n) is 13.2. The van der Waals surface area contributed by atoms with Gasteiger partial charge >= 0.3 is 0 Å². The van der Waals surface area contributed by atoms with Crippen molar-refractivity contribution in [2.24, 2.45) is 5.73 Å². The van der Waals surface area contributed by atoms with E-state index in [2.05, 4.69) is 31.0 Å². The van der Waals surface area contributed by atoms with E-state index in [4.69, 9.17) is 15.7 Å². The quantitative estimate of drug-likeness (QED) is 0.0814. The van der Waals surface area contributed by atoms with E-state index in [-0.39, 0.29) is 18.2 Å². The van der Waals surface area contributed by atoms with Crippen molar-refractivity contribution in [2.75, 3.05) is 33.0 Å².